The maximum Gasteiger partial charge on any atom is 0.266 e. The third-order valence-corrected chi connectivity index (χ3v) is 4.31. The molecule has 0 fully saturated rings. The highest BCUT2D eigenvalue weighted by molar-refractivity contribution is 5.68. The maximum absolute atomic E-state index is 10.4. The molecule has 0 unspecified atom stereocenters. The van der Waals surface area contributed by atoms with Crippen LogP contribution in [0.4, 0.5) is 5.95 Å². The highest BCUT2D eigenvalue weighted by Crippen LogP contribution is 2.37. The van der Waals surface area contributed by atoms with Gasteiger partial charge in [0, 0.05) is 36.5 Å². The topological polar surface area (TPSA) is 84.5 Å². The number of aromatic nitrogens is 3. The zero-order valence-electron chi connectivity index (χ0n) is 14.6. The number of aromatic hydroxyl groups is 1. The molecule has 1 aromatic carbocycles. The summed E-state index contributed by atoms with van der Waals surface area (Å²) < 4.78 is 11.1. The minimum atomic E-state index is 0.128. The molecule has 0 saturated heterocycles. The molecule has 26 heavy (non-hydrogen) atoms. The van der Waals surface area contributed by atoms with Gasteiger partial charge in [0.1, 0.15) is 6.61 Å². The van der Waals surface area contributed by atoms with Gasteiger partial charge < -0.3 is 19.3 Å². The number of aryl methyl sites for hydroxylation is 1. The van der Waals surface area contributed by atoms with Crippen molar-refractivity contribution in [1.29, 1.82) is 0 Å². The van der Waals surface area contributed by atoms with E-state index in [1.807, 2.05) is 23.1 Å². The van der Waals surface area contributed by atoms with Crippen molar-refractivity contribution in [2.45, 2.75) is 26.3 Å². The van der Waals surface area contributed by atoms with Crippen molar-refractivity contribution in [3.05, 3.63) is 48.1 Å². The van der Waals surface area contributed by atoms with Gasteiger partial charge in [0.25, 0.3) is 5.95 Å². The maximum atomic E-state index is 10.4. The molecule has 0 bridgehead atoms. The second kappa shape index (κ2) is 7.03. The van der Waals surface area contributed by atoms with Crippen molar-refractivity contribution in [2.24, 2.45) is 0 Å². The first-order valence-corrected chi connectivity index (χ1v) is 8.71. The van der Waals surface area contributed by atoms with Crippen LogP contribution in [0.3, 0.4) is 0 Å². The van der Waals surface area contributed by atoms with Gasteiger partial charge in [-0.05, 0) is 35.3 Å². The van der Waals surface area contributed by atoms with Gasteiger partial charge in [-0.2, -0.15) is 4.98 Å². The molecule has 1 aliphatic rings. The van der Waals surface area contributed by atoms with Gasteiger partial charge >= 0.3 is 0 Å². The monoisotopic (exact) mass is 352 g/mol. The van der Waals surface area contributed by atoms with Crippen molar-refractivity contribution >= 4 is 5.95 Å². The summed E-state index contributed by atoms with van der Waals surface area (Å²) in [7, 11) is 0. The molecule has 0 spiro atoms. The van der Waals surface area contributed by atoms with E-state index in [0.29, 0.717) is 37.3 Å². The van der Waals surface area contributed by atoms with Gasteiger partial charge in [-0.15, -0.1) is 0 Å². The van der Waals surface area contributed by atoms with Crippen molar-refractivity contribution in [2.75, 3.05) is 18.1 Å². The normalized spacial score (nSPS) is 13.8. The van der Waals surface area contributed by atoms with E-state index in [-0.39, 0.29) is 5.75 Å². The van der Waals surface area contributed by atoms with Crippen LogP contribution in [0.15, 0.2) is 41.2 Å². The molecule has 134 valence electrons. The van der Waals surface area contributed by atoms with Crippen LogP contribution in [0.5, 0.6) is 11.5 Å². The number of rotatable bonds is 4. The number of hydrogen-bond acceptors (Lipinski definition) is 7. The van der Waals surface area contributed by atoms with E-state index in [2.05, 4.69) is 22.0 Å². The SMILES string of the molecule is CCCc1nc(N2CCOc3c(O)cc(-c4cccnc4)cc3C2)no1. The molecule has 4 rings (SSSR count). The van der Waals surface area contributed by atoms with E-state index in [1.54, 1.807) is 18.5 Å². The quantitative estimate of drug-likeness (QED) is 0.772. The number of benzene rings is 1. The summed E-state index contributed by atoms with van der Waals surface area (Å²) in [4.78, 5) is 10.6. The Hall–Kier alpha value is -3.09. The summed E-state index contributed by atoms with van der Waals surface area (Å²) in [6.07, 6.45) is 5.21. The lowest BCUT2D eigenvalue weighted by atomic mass is 10.0. The fourth-order valence-electron chi connectivity index (χ4n) is 3.06. The van der Waals surface area contributed by atoms with Gasteiger partial charge in [0.05, 0.1) is 6.54 Å². The van der Waals surface area contributed by atoms with Gasteiger partial charge in [-0.25, -0.2) is 0 Å². The van der Waals surface area contributed by atoms with Crippen LogP contribution in [0.25, 0.3) is 11.1 Å². The van der Waals surface area contributed by atoms with Crippen molar-refractivity contribution in [3.63, 3.8) is 0 Å². The van der Waals surface area contributed by atoms with E-state index >= 15 is 0 Å². The van der Waals surface area contributed by atoms with Gasteiger partial charge in [0.15, 0.2) is 11.5 Å². The van der Waals surface area contributed by atoms with Crippen molar-refractivity contribution < 1.29 is 14.4 Å². The van der Waals surface area contributed by atoms with Crippen LogP contribution in [0.2, 0.25) is 0 Å². The number of hydrogen-bond donors (Lipinski definition) is 1. The molecule has 3 aromatic rings. The highest BCUT2D eigenvalue weighted by atomic mass is 16.5. The molecule has 0 amide bonds. The van der Waals surface area contributed by atoms with Gasteiger partial charge in [0.2, 0.25) is 5.89 Å². The third kappa shape index (κ3) is 3.20. The second-order valence-electron chi connectivity index (χ2n) is 6.23. The molecule has 3 heterocycles. The lowest BCUT2D eigenvalue weighted by Gasteiger charge is -2.17. The third-order valence-electron chi connectivity index (χ3n) is 4.31. The average Bonchev–Trinajstić information content (AvgIpc) is 3.01. The molecule has 0 atom stereocenters. The first-order valence-electron chi connectivity index (χ1n) is 8.71. The Labute approximate surface area is 151 Å². The fraction of sp³-hybridized carbons (Fsp3) is 0.316. The molecule has 7 heteroatoms. The summed E-state index contributed by atoms with van der Waals surface area (Å²) in [5.74, 6) is 1.83. The zero-order valence-corrected chi connectivity index (χ0v) is 14.6. The molecule has 0 aliphatic carbocycles. The Morgan fingerprint density at radius 3 is 3.00 bits per heavy atom. The molecule has 1 aliphatic heterocycles. The van der Waals surface area contributed by atoms with Gasteiger partial charge in [-0.1, -0.05) is 13.0 Å². The average molecular weight is 352 g/mol. The summed E-state index contributed by atoms with van der Waals surface area (Å²) >= 11 is 0. The number of pyridine rings is 1. The first kappa shape index (κ1) is 16.4. The number of nitrogens with zero attached hydrogens (tertiary/aromatic N) is 4. The molecular formula is C19H20N4O3. The zero-order chi connectivity index (χ0) is 17.9. The first-order chi connectivity index (χ1) is 12.7. The largest absolute Gasteiger partial charge is 0.504 e. The molecular weight excluding hydrogens is 332 g/mol. The lowest BCUT2D eigenvalue weighted by molar-refractivity contribution is 0.311. The van der Waals surface area contributed by atoms with E-state index in [0.717, 1.165) is 29.5 Å². The van der Waals surface area contributed by atoms with Crippen LogP contribution in [0.1, 0.15) is 24.8 Å². The standard InChI is InChI=1S/C19H20N4O3/c1-2-4-17-21-19(22-26-17)23-7-8-25-18-15(12-23)9-14(10-16(18)24)13-5-3-6-20-11-13/h3,5-6,9-11,24H,2,4,7-8,12H2,1H3. The van der Waals surface area contributed by atoms with Crippen LogP contribution < -0.4 is 9.64 Å². The van der Waals surface area contributed by atoms with E-state index < -0.39 is 0 Å². The molecule has 7 nitrogen and oxygen atoms in total. The Morgan fingerprint density at radius 2 is 2.19 bits per heavy atom. The molecule has 1 N–H and O–H groups in total. The van der Waals surface area contributed by atoms with E-state index in [1.165, 1.54) is 0 Å². The number of ether oxygens (including phenoxy) is 1. The predicted octanol–water partition coefficient (Wildman–Crippen LogP) is 3.19. The highest BCUT2D eigenvalue weighted by Gasteiger charge is 2.23. The van der Waals surface area contributed by atoms with E-state index in [4.69, 9.17) is 9.26 Å². The van der Waals surface area contributed by atoms with Crippen LogP contribution in [-0.4, -0.2) is 33.4 Å². The predicted molar refractivity (Wildman–Crippen MR) is 96.2 cm³/mol. The van der Waals surface area contributed by atoms with Crippen LogP contribution in [0, 0.1) is 0 Å². The fourth-order valence-corrected chi connectivity index (χ4v) is 3.06. The summed E-state index contributed by atoms with van der Waals surface area (Å²) in [5, 5.41) is 14.5. The minimum absolute atomic E-state index is 0.128. The number of anilines is 1. The molecule has 2 aromatic heterocycles. The molecule has 0 saturated carbocycles. The van der Waals surface area contributed by atoms with E-state index in [9.17, 15) is 5.11 Å². The number of phenolic OH excluding ortho intramolecular Hbond substituents is 1. The Morgan fingerprint density at radius 1 is 1.27 bits per heavy atom. The Bertz CT molecular complexity index is 895. The Kier molecular flexibility index (Phi) is 4.43. The molecule has 0 radical (unpaired) electrons. The summed E-state index contributed by atoms with van der Waals surface area (Å²) in [6, 6.07) is 7.55. The lowest BCUT2D eigenvalue weighted by Crippen LogP contribution is -2.26. The van der Waals surface area contributed by atoms with Crippen molar-refractivity contribution in [1.82, 2.24) is 15.1 Å². The van der Waals surface area contributed by atoms with Crippen molar-refractivity contribution in [3.8, 4) is 22.6 Å². The minimum Gasteiger partial charge on any atom is -0.504 e. The Balaban J connectivity index is 1.67. The second-order valence-corrected chi connectivity index (χ2v) is 6.23. The number of fused-ring (bicyclic) bond motifs is 1. The summed E-state index contributed by atoms with van der Waals surface area (Å²) in [6.45, 7) is 3.65. The van der Waals surface area contributed by atoms with Crippen LogP contribution >= 0.6 is 0 Å². The summed E-state index contributed by atoms with van der Waals surface area (Å²) in [5.41, 5.74) is 2.70. The smallest absolute Gasteiger partial charge is 0.266 e. The van der Waals surface area contributed by atoms with Crippen LogP contribution in [-0.2, 0) is 13.0 Å². The van der Waals surface area contributed by atoms with Gasteiger partial charge in [-0.3, -0.25) is 4.98 Å². The number of phenols is 1.